The number of amides is 1. The summed E-state index contributed by atoms with van der Waals surface area (Å²) < 4.78 is 72.9. The number of carbonyl (C=O) groups is 1. The van der Waals surface area contributed by atoms with Gasteiger partial charge in [-0.25, -0.2) is 0 Å². The van der Waals surface area contributed by atoms with Crippen LogP contribution >= 0.6 is 0 Å². The summed E-state index contributed by atoms with van der Waals surface area (Å²) >= 11 is 0. The highest BCUT2D eigenvalue weighted by molar-refractivity contribution is 5.80. The highest BCUT2D eigenvalue weighted by atomic mass is 19.4. The maximum absolute atomic E-state index is 12.1. The zero-order chi connectivity index (χ0) is 15.3. The Kier molecular flexibility index (Phi) is 6.61. The Labute approximate surface area is 106 Å². The lowest BCUT2D eigenvalue weighted by atomic mass is 10.1. The lowest BCUT2D eigenvalue weighted by molar-refractivity contribution is -0.274. The van der Waals surface area contributed by atoms with Gasteiger partial charge >= 0.3 is 12.4 Å². The van der Waals surface area contributed by atoms with Gasteiger partial charge in [0.05, 0.1) is 0 Å². The number of carbonyl (C=O) groups excluding carboxylic acids is 1. The van der Waals surface area contributed by atoms with Gasteiger partial charge in [-0.1, -0.05) is 6.92 Å². The first-order valence-corrected chi connectivity index (χ1v) is 5.52. The quantitative estimate of drug-likeness (QED) is 0.583. The standard InChI is InChI=1S/C10H15F6NO2/c1-6(5-18)3-2-4-17-8(19)7(9(11,12)13)10(14,15)16/h6-7,18H,2-5H2,1H3,(H,17,19). The normalized spacial score (nSPS) is 14.6. The topological polar surface area (TPSA) is 49.3 Å². The van der Waals surface area contributed by atoms with Crippen molar-refractivity contribution in [1.29, 1.82) is 0 Å². The second-order valence-electron chi connectivity index (χ2n) is 4.24. The zero-order valence-electron chi connectivity index (χ0n) is 10.1. The predicted molar refractivity (Wildman–Crippen MR) is 54.1 cm³/mol. The summed E-state index contributed by atoms with van der Waals surface area (Å²) in [4.78, 5) is 11.0. The molecule has 0 bridgehead atoms. The molecule has 1 amide bonds. The molecule has 0 heterocycles. The molecule has 0 aromatic carbocycles. The van der Waals surface area contributed by atoms with E-state index in [1.54, 1.807) is 12.2 Å². The van der Waals surface area contributed by atoms with Crippen LogP contribution in [0.4, 0.5) is 26.3 Å². The number of halogens is 6. The molecule has 0 aliphatic heterocycles. The van der Waals surface area contributed by atoms with Gasteiger partial charge in [-0.05, 0) is 18.8 Å². The molecular formula is C10H15F6NO2. The highest BCUT2D eigenvalue weighted by Gasteiger charge is 2.60. The third-order valence-electron chi connectivity index (χ3n) is 2.40. The molecule has 0 radical (unpaired) electrons. The smallest absolute Gasteiger partial charge is 0.396 e. The third kappa shape index (κ3) is 6.65. The van der Waals surface area contributed by atoms with Crippen LogP contribution in [0.25, 0.3) is 0 Å². The van der Waals surface area contributed by atoms with Crippen molar-refractivity contribution in [3.63, 3.8) is 0 Å². The Bertz CT molecular complexity index is 275. The van der Waals surface area contributed by atoms with E-state index >= 15 is 0 Å². The van der Waals surface area contributed by atoms with Crippen LogP contribution < -0.4 is 5.32 Å². The van der Waals surface area contributed by atoms with Crippen molar-refractivity contribution in [1.82, 2.24) is 5.32 Å². The van der Waals surface area contributed by atoms with E-state index in [9.17, 15) is 31.1 Å². The molecule has 1 unspecified atom stereocenters. The first-order valence-electron chi connectivity index (χ1n) is 5.52. The fourth-order valence-electron chi connectivity index (χ4n) is 1.34. The highest BCUT2D eigenvalue weighted by Crippen LogP contribution is 2.39. The molecule has 19 heavy (non-hydrogen) atoms. The number of nitrogens with one attached hydrogen (secondary N) is 1. The Hall–Kier alpha value is -0.990. The van der Waals surface area contributed by atoms with Gasteiger partial charge in [0.2, 0.25) is 11.8 Å². The second-order valence-corrected chi connectivity index (χ2v) is 4.24. The lowest BCUT2D eigenvalue weighted by Crippen LogP contribution is -2.48. The minimum Gasteiger partial charge on any atom is -0.396 e. The first-order chi connectivity index (χ1) is 8.50. The summed E-state index contributed by atoms with van der Waals surface area (Å²) in [6.07, 6.45) is -10.8. The fourth-order valence-corrected chi connectivity index (χ4v) is 1.34. The van der Waals surface area contributed by atoms with E-state index in [1.165, 1.54) is 0 Å². The molecule has 3 nitrogen and oxygen atoms in total. The monoisotopic (exact) mass is 295 g/mol. The van der Waals surface area contributed by atoms with Gasteiger partial charge in [-0.15, -0.1) is 0 Å². The zero-order valence-corrected chi connectivity index (χ0v) is 10.1. The van der Waals surface area contributed by atoms with E-state index in [2.05, 4.69) is 0 Å². The van der Waals surface area contributed by atoms with E-state index in [0.29, 0.717) is 6.42 Å². The van der Waals surface area contributed by atoms with Crippen molar-refractivity contribution < 1.29 is 36.2 Å². The molecule has 9 heteroatoms. The minimum absolute atomic E-state index is 0.127. The SMILES string of the molecule is CC(CO)CCCNC(=O)C(C(F)(F)F)C(F)(F)F. The molecule has 2 N–H and O–H groups in total. The largest absolute Gasteiger partial charge is 0.409 e. The van der Waals surface area contributed by atoms with Crippen molar-refractivity contribution in [3.05, 3.63) is 0 Å². The van der Waals surface area contributed by atoms with Crippen LogP contribution in [-0.2, 0) is 4.79 Å². The maximum atomic E-state index is 12.1. The second kappa shape index (κ2) is 6.97. The van der Waals surface area contributed by atoms with E-state index < -0.39 is 24.2 Å². The number of hydrogen-bond donors (Lipinski definition) is 2. The van der Waals surface area contributed by atoms with E-state index in [4.69, 9.17) is 5.11 Å². The average Bonchev–Trinajstić information content (AvgIpc) is 2.19. The molecule has 1 atom stereocenters. The molecule has 0 saturated heterocycles. The predicted octanol–water partition coefficient (Wildman–Crippen LogP) is 2.25. The van der Waals surface area contributed by atoms with Crippen molar-refractivity contribution in [2.75, 3.05) is 13.2 Å². The van der Waals surface area contributed by atoms with Crippen molar-refractivity contribution in [3.8, 4) is 0 Å². The molecule has 0 aromatic heterocycles. The molecule has 114 valence electrons. The van der Waals surface area contributed by atoms with Crippen LogP contribution in [0.5, 0.6) is 0 Å². The Morgan fingerprint density at radius 3 is 2.00 bits per heavy atom. The number of alkyl halides is 6. The van der Waals surface area contributed by atoms with Crippen molar-refractivity contribution in [2.45, 2.75) is 32.1 Å². The third-order valence-corrected chi connectivity index (χ3v) is 2.40. The first kappa shape index (κ1) is 18.0. The fraction of sp³-hybridized carbons (Fsp3) is 0.900. The van der Waals surface area contributed by atoms with Crippen LogP contribution in [0.15, 0.2) is 0 Å². The van der Waals surface area contributed by atoms with Crippen LogP contribution in [0.2, 0.25) is 0 Å². The molecule has 0 spiro atoms. The molecule has 0 saturated carbocycles. The summed E-state index contributed by atoms with van der Waals surface area (Å²) in [7, 11) is 0. The van der Waals surface area contributed by atoms with Crippen LogP contribution in [0.1, 0.15) is 19.8 Å². The Morgan fingerprint density at radius 1 is 1.16 bits per heavy atom. The van der Waals surface area contributed by atoms with Gasteiger partial charge in [0.1, 0.15) is 0 Å². The van der Waals surface area contributed by atoms with Crippen LogP contribution in [0.3, 0.4) is 0 Å². The van der Waals surface area contributed by atoms with Crippen molar-refractivity contribution in [2.24, 2.45) is 11.8 Å². The summed E-state index contributed by atoms with van der Waals surface area (Å²) in [5.74, 6) is -6.23. The van der Waals surface area contributed by atoms with E-state index in [-0.39, 0.29) is 25.5 Å². The Balaban J connectivity index is 4.37. The molecule has 0 aliphatic carbocycles. The summed E-state index contributed by atoms with van der Waals surface area (Å²) in [5.41, 5.74) is 0. The van der Waals surface area contributed by atoms with Gasteiger partial charge < -0.3 is 10.4 Å². The van der Waals surface area contributed by atoms with E-state index in [1.807, 2.05) is 0 Å². The van der Waals surface area contributed by atoms with Gasteiger partial charge in [0.25, 0.3) is 0 Å². The van der Waals surface area contributed by atoms with Gasteiger partial charge in [-0.2, -0.15) is 26.3 Å². The minimum atomic E-state index is -5.67. The summed E-state index contributed by atoms with van der Waals surface area (Å²) in [6, 6.07) is 0. The number of aliphatic hydroxyl groups is 1. The maximum Gasteiger partial charge on any atom is 0.409 e. The number of aliphatic hydroxyl groups excluding tert-OH is 1. The molecular weight excluding hydrogens is 280 g/mol. The summed E-state index contributed by atoms with van der Waals surface area (Å²) in [5, 5.41) is 10.3. The van der Waals surface area contributed by atoms with Gasteiger partial charge in [-0.3, -0.25) is 4.79 Å². The van der Waals surface area contributed by atoms with Gasteiger partial charge in [0.15, 0.2) is 0 Å². The number of hydrogen-bond acceptors (Lipinski definition) is 2. The lowest BCUT2D eigenvalue weighted by Gasteiger charge is -2.22. The molecule has 0 rings (SSSR count). The van der Waals surface area contributed by atoms with E-state index in [0.717, 1.165) is 0 Å². The van der Waals surface area contributed by atoms with Crippen molar-refractivity contribution >= 4 is 5.91 Å². The molecule has 0 aromatic rings. The molecule has 0 fully saturated rings. The average molecular weight is 295 g/mol. The summed E-state index contributed by atoms with van der Waals surface area (Å²) in [6.45, 7) is 1.23. The number of rotatable bonds is 6. The Morgan fingerprint density at radius 2 is 1.63 bits per heavy atom. The van der Waals surface area contributed by atoms with Gasteiger partial charge in [0, 0.05) is 13.2 Å². The van der Waals surface area contributed by atoms with Crippen LogP contribution in [-0.4, -0.2) is 36.5 Å². The molecule has 0 aliphatic rings. The van der Waals surface area contributed by atoms with Crippen LogP contribution in [0, 0.1) is 11.8 Å².